The van der Waals surface area contributed by atoms with Gasteiger partial charge in [0.25, 0.3) is 0 Å². The van der Waals surface area contributed by atoms with Crippen LogP contribution in [0.15, 0.2) is 16.6 Å². The van der Waals surface area contributed by atoms with Gasteiger partial charge in [-0.15, -0.1) is 0 Å². The van der Waals surface area contributed by atoms with E-state index in [2.05, 4.69) is 15.9 Å². The van der Waals surface area contributed by atoms with Gasteiger partial charge in [-0.05, 0) is 46.0 Å². The maximum atomic E-state index is 13.0. The fourth-order valence-corrected chi connectivity index (χ4v) is 2.24. The second kappa shape index (κ2) is 3.97. The topological polar surface area (TPSA) is 0 Å². The third-order valence-electron chi connectivity index (χ3n) is 2.79. The molecule has 0 aromatic heterocycles. The Bertz CT molecular complexity index is 322. The summed E-state index contributed by atoms with van der Waals surface area (Å²) < 4.78 is 26.2. The van der Waals surface area contributed by atoms with Crippen LogP contribution in [0.5, 0.6) is 0 Å². The van der Waals surface area contributed by atoms with E-state index >= 15 is 0 Å². The van der Waals surface area contributed by atoms with E-state index in [-0.39, 0.29) is 4.47 Å². The summed E-state index contributed by atoms with van der Waals surface area (Å²) in [5, 5.41) is 0. The molecule has 1 aromatic rings. The molecular weight excluding hydrogens is 250 g/mol. The summed E-state index contributed by atoms with van der Waals surface area (Å²) >= 11 is 3.01. The predicted octanol–water partition coefficient (Wildman–Crippen LogP) is 4.07. The van der Waals surface area contributed by atoms with E-state index in [9.17, 15) is 8.78 Å². The van der Waals surface area contributed by atoms with Crippen LogP contribution >= 0.6 is 15.9 Å². The Labute approximate surface area is 90.4 Å². The van der Waals surface area contributed by atoms with Crippen LogP contribution in [0, 0.1) is 17.6 Å². The Morgan fingerprint density at radius 3 is 2.50 bits per heavy atom. The van der Waals surface area contributed by atoms with E-state index in [1.807, 2.05) is 0 Å². The van der Waals surface area contributed by atoms with Crippen LogP contribution in [0.3, 0.4) is 0 Å². The highest BCUT2D eigenvalue weighted by Crippen LogP contribution is 2.31. The Hall–Kier alpha value is -0.440. The van der Waals surface area contributed by atoms with Crippen molar-refractivity contribution in [2.75, 3.05) is 0 Å². The van der Waals surface area contributed by atoms with Crippen LogP contribution in [0.4, 0.5) is 8.78 Å². The van der Waals surface area contributed by atoms with Crippen molar-refractivity contribution < 1.29 is 8.78 Å². The molecule has 0 spiro atoms. The molecule has 0 heterocycles. The second-order valence-corrected chi connectivity index (χ2v) is 4.73. The first-order chi connectivity index (χ1) is 6.66. The van der Waals surface area contributed by atoms with E-state index < -0.39 is 11.6 Å². The summed E-state index contributed by atoms with van der Waals surface area (Å²) in [4.78, 5) is 0. The van der Waals surface area contributed by atoms with Gasteiger partial charge in [0.1, 0.15) is 0 Å². The zero-order chi connectivity index (χ0) is 10.1. The third-order valence-corrected chi connectivity index (χ3v) is 3.37. The summed E-state index contributed by atoms with van der Waals surface area (Å²) in [6, 6.07) is 2.98. The molecule has 0 bridgehead atoms. The lowest BCUT2D eigenvalue weighted by Gasteiger charge is -2.25. The molecule has 1 saturated carbocycles. The van der Waals surface area contributed by atoms with E-state index in [4.69, 9.17) is 0 Å². The minimum absolute atomic E-state index is 0.229. The number of hydrogen-bond acceptors (Lipinski definition) is 0. The molecule has 1 aliphatic carbocycles. The summed E-state index contributed by atoms with van der Waals surface area (Å²) in [7, 11) is 0. The average molecular weight is 261 g/mol. The molecule has 3 heteroatoms. The Morgan fingerprint density at radius 2 is 2.00 bits per heavy atom. The first kappa shape index (κ1) is 10.1. The lowest BCUT2D eigenvalue weighted by Crippen LogP contribution is -2.13. The summed E-state index contributed by atoms with van der Waals surface area (Å²) in [6.07, 6.45) is 4.58. The lowest BCUT2D eigenvalue weighted by molar-refractivity contribution is 0.314. The molecule has 76 valence electrons. The van der Waals surface area contributed by atoms with Crippen LogP contribution in [-0.2, 0) is 6.42 Å². The van der Waals surface area contributed by atoms with Crippen molar-refractivity contribution in [3.05, 3.63) is 33.8 Å². The zero-order valence-electron chi connectivity index (χ0n) is 7.69. The largest absolute Gasteiger partial charge is 0.204 e. The summed E-state index contributed by atoms with van der Waals surface area (Å²) in [6.45, 7) is 0. The van der Waals surface area contributed by atoms with Gasteiger partial charge in [-0.3, -0.25) is 0 Å². The van der Waals surface area contributed by atoms with Gasteiger partial charge in [0.05, 0.1) is 4.47 Å². The van der Waals surface area contributed by atoms with Crippen molar-refractivity contribution in [3.63, 3.8) is 0 Å². The van der Waals surface area contributed by atoms with Gasteiger partial charge in [-0.1, -0.05) is 19.3 Å². The minimum Gasteiger partial charge on any atom is -0.204 e. The highest BCUT2D eigenvalue weighted by atomic mass is 79.9. The van der Waals surface area contributed by atoms with Crippen molar-refractivity contribution in [2.45, 2.75) is 25.7 Å². The molecule has 0 N–H and O–H groups in total. The monoisotopic (exact) mass is 260 g/mol. The minimum atomic E-state index is -0.789. The third kappa shape index (κ3) is 1.97. The average Bonchev–Trinajstić information content (AvgIpc) is 2.07. The van der Waals surface area contributed by atoms with Crippen molar-refractivity contribution in [1.82, 2.24) is 0 Å². The number of rotatable bonds is 2. The van der Waals surface area contributed by atoms with Crippen molar-refractivity contribution in [3.8, 4) is 0 Å². The molecule has 0 amide bonds. The normalized spacial score (nSPS) is 16.8. The summed E-state index contributed by atoms with van der Waals surface area (Å²) in [5.41, 5.74) is 0.889. The fourth-order valence-electron chi connectivity index (χ4n) is 1.76. The molecule has 2 rings (SSSR count). The van der Waals surface area contributed by atoms with Crippen LogP contribution in [0.1, 0.15) is 24.8 Å². The first-order valence-electron chi connectivity index (χ1n) is 4.80. The first-order valence-corrected chi connectivity index (χ1v) is 5.59. The van der Waals surface area contributed by atoms with Gasteiger partial charge < -0.3 is 0 Å². The van der Waals surface area contributed by atoms with Gasteiger partial charge in [0.2, 0.25) is 0 Å². The quantitative estimate of drug-likeness (QED) is 0.704. The van der Waals surface area contributed by atoms with E-state index in [0.29, 0.717) is 5.92 Å². The van der Waals surface area contributed by atoms with E-state index in [0.717, 1.165) is 12.0 Å². The Kier molecular flexibility index (Phi) is 2.86. The molecule has 0 unspecified atom stereocenters. The van der Waals surface area contributed by atoms with Crippen molar-refractivity contribution in [1.29, 1.82) is 0 Å². The summed E-state index contributed by atoms with van der Waals surface area (Å²) in [5.74, 6) is -0.872. The maximum absolute atomic E-state index is 13.0. The van der Waals surface area contributed by atoms with Crippen LogP contribution in [0.25, 0.3) is 0 Å². The molecule has 1 aromatic carbocycles. The predicted molar refractivity (Wildman–Crippen MR) is 55.1 cm³/mol. The Balaban J connectivity index is 2.17. The second-order valence-electron chi connectivity index (χ2n) is 3.87. The standard InChI is InChI=1S/C11H11BrF2/c12-9-5-8(4-7-2-1-3-7)6-10(13)11(9)14/h5-7H,1-4H2. The molecule has 1 aliphatic rings. The number of benzene rings is 1. The van der Waals surface area contributed by atoms with E-state index in [1.54, 1.807) is 6.07 Å². The van der Waals surface area contributed by atoms with Crippen LogP contribution in [0.2, 0.25) is 0 Å². The maximum Gasteiger partial charge on any atom is 0.172 e. The zero-order valence-corrected chi connectivity index (χ0v) is 9.28. The Morgan fingerprint density at radius 1 is 1.29 bits per heavy atom. The highest BCUT2D eigenvalue weighted by molar-refractivity contribution is 9.10. The van der Waals surface area contributed by atoms with Crippen molar-refractivity contribution in [2.24, 2.45) is 5.92 Å². The molecular formula is C11H11BrF2. The van der Waals surface area contributed by atoms with Crippen LogP contribution < -0.4 is 0 Å². The molecule has 0 atom stereocenters. The molecule has 0 nitrogen and oxygen atoms in total. The van der Waals surface area contributed by atoms with Crippen LogP contribution in [-0.4, -0.2) is 0 Å². The van der Waals surface area contributed by atoms with Gasteiger partial charge in [-0.2, -0.15) is 0 Å². The highest BCUT2D eigenvalue weighted by Gasteiger charge is 2.19. The van der Waals surface area contributed by atoms with Gasteiger partial charge in [-0.25, -0.2) is 8.78 Å². The lowest BCUT2D eigenvalue weighted by atomic mass is 9.81. The molecule has 14 heavy (non-hydrogen) atoms. The molecule has 1 fully saturated rings. The molecule has 0 saturated heterocycles. The number of hydrogen-bond donors (Lipinski definition) is 0. The van der Waals surface area contributed by atoms with E-state index in [1.165, 1.54) is 25.3 Å². The van der Waals surface area contributed by atoms with Gasteiger partial charge in [0, 0.05) is 0 Å². The SMILES string of the molecule is Fc1cc(CC2CCC2)cc(Br)c1F. The fraction of sp³-hybridized carbons (Fsp3) is 0.455. The number of halogens is 3. The van der Waals surface area contributed by atoms with Gasteiger partial charge in [0.15, 0.2) is 11.6 Å². The smallest absolute Gasteiger partial charge is 0.172 e. The van der Waals surface area contributed by atoms with Gasteiger partial charge >= 0.3 is 0 Å². The molecule has 0 radical (unpaired) electrons. The van der Waals surface area contributed by atoms with Crippen molar-refractivity contribution >= 4 is 15.9 Å². The molecule has 0 aliphatic heterocycles.